The lowest BCUT2D eigenvalue weighted by Crippen LogP contribution is -2.47. The fourth-order valence-electron chi connectivity index (χ4n) is 2.13. The molecule has 0 bridgehead atoms. The van der Waals surface area contributed by atoms with Gasteiger partial charge in [-0.25, -0.2) is 8.78 Å². The van der Waals surface area contributed by atoms with Gasteiger partial charge in [0, 0.05) is 25.1 Å². The van der Waals surface area contributed by atoms with E-state index in [4.69, 9.17) is 10.5 Å². The molecule has 1 heterocycles. The normalized spacial score (nSPS) is 27.6. The third kappa shape index (κ3) is 4.01. The molecule has 1 aliphatic heterocycles. The molecular formula is C10H20F2N2O. The Labute approximate surface area is 89.6 Å². The van der Waals surface area contributed by atoms with Crippen molar-refractivity contribution in [1.29, 1.82) is 0 Å². The summed E-state index contributed by atoms with van der Waals surface area (Å²) in [6.45, 7) is 2.26. The maximum Gasteiger partial charge on any atom is 0.251 e. The highest BCUT2D eigenvalue weighted by molar-refractivity contribution is 4.85. The van der Waals surface area contributed by atoms with Crippen LogP contribution in [0, 0.1) is 5.41 Å². The Balaban J connectivity index is 2.43. The number of hydrogen-bond acceptors (Lipinski definition) is 3. The highest BCUT2D eigenvalue weighted by atomic mass is 19.3. The van der Waals surface area contributed by atoms with Crippen molar-refractivity contribution in [2.24, 2.45) is 11.1 Å². The standard InChI is InChI=1S/C10H20F2N2O/c1-14(5-9(11)12)7-10(6-13)3-2-4-15-8-10/h9H,2-8,13H2,1H3. The second-order valence-corrected chi connectivity index (χ2v) is 4.45. The first-order valence-electron chi connectivity index (χ1n) is 5.32. The lowest BCUT2D eigenvalue weighted by molar-refractivity contribution is -0.0253. The first kappa shape index (κ1) is 12.8. The van der Waals surface area contributed by atoms with E-state index in [0.717, 1.165) is 19.4 Å². The number of nitrogens with zero attached hydrogens (tertiary/aromatic N) is 1. The number of halogens is 2. The number of nitrogens with two attached hydrogens (primary N) is 1. The van der Waals surface area contributed by atoms with Crippen LogP contribution in [0.3, 0.4) is 0 Å². The molecule has 1 unspecified atom stereocenters. The number of rotatable bonds is 5. The van der Waals surface area contributed by atoms with Crippen LogP contribution in [0.4, 0.5) is 8.78 Å². The minimum Gasteiger partial charge on any atom is -0.381 e. The number of hydrogen-bond donors (Lipinski definition) is 1. The zero-order valence-corrected chi connectivity index (χ0v) is 9.22. The lowest BCUT2D eigenvalue weighted by Gasteiger charge is -2.38. The summed E-state index contributed by atoms with van der Waals surface area (Å²) in [4.78, 5) is 1.65. The topological polar surface area (TPSA) is 38.5 Å². The SMILES string of the molecule is CN(CC(F)F)CC1(CN)CCCOC1. The van der Waals surface area contributed by atoms with Gasteiger partial charge in [-0.2, -0.15) is 0 Å². The van der Waals surface area contributed by atoms with Gasteiger partial charge in [-0.05, 0) is 19.9 Å². The van der Waals surface area contributed by atoms with Gasteiger partial charge in [0.25, 0.3) is 6.43 Å². The Bertz CT molecular complexity index is 184. The molecule has 0 aromatic rings. The Kier molecular flexibility index (Phi) is 4.89. The van der Waals surface area contributed by atoms with E-state index in [1.54, 1.807) is 11.9 Å². The van der Waals surface area contributed by atoms with Crippen molar-refractivity contribution in [2.75, 3.05) is 39.9 Å². The van der Waals surface area contributed by atoms with Gasteiger partial charge in [0.1, 0.15) is 0 Å². The summed E-state index contributed by atoms with van der Waals surface area (Å²) >= 11 is 0. The van der Waals surface area contributed by atoms with Gasteiger partial charge >= 0.3 is 0 Å². The largest absolute Gasteiger partial charge is 0.381 e. The summed E-state index contributed by atoms with van der Waals surface area (Å²) in [5.41, 5.74) is 5.60. The van der Waals surface area contributed by atoms with Crippen molar-refractivity contribution in [3.63, 3.8) is 0 Å². The summed E-state index contributed by atoms with van der Waals surface area (Å²) < 4.78 is 29.7. The van der Waals surface area contributed by atoms with E-state index in [9.17, 15) is 8.78 Å². The minimum absolute atomic E-state index is 0.123. The molecule has 5 heteroatoms. The quantitative estimate of drug-likeness (QED) is 0.752. The lowest BCUT2D eigenvalue weighted by atomic mass is 9.82. The zero-order valence-electron chi connectivity index (χ0n) is 9.22. The van der Waals surface area contributed by atoms with Crippen LogP contribution >= 0.6 is 0 Å². The second kappa shape index (κ2) is 5.72. The van der Waals surface area contributed by atoms with Crippen LogP contribution in [0.5, 0.6) is 0 Å². The summed E-state index contributed by atoms with van der Waals surface area (Å²) in [6.07, 6.45) is -0.342. The number of ether oxygens (including phenoxy) is 1. The summed E-state index contributed by atoms with van der Waals surface area (Å²) in [5.74, 6) is 0. The second-order valence-electron chi connectivity index (χ2n) is 4.45. The molecule has 0 amide bonds. The summed E-state index contributed by atoms with van der Waals surface area (Å²) in [7, 11) is 1.71. The molecule has 1 aliphatic rings. The Morgan fingerprint density at radius 2 is 2.27 bits per heavy atom. The van der Waals surface area contributed by atoms with Gasteiger partial charge in [0.05, 0.1) is 13.2 Å². The molecule has 0 spiro atoms. The van der Waals surface area contributed by atoms with Crippen molar-refractivity contribution >= 4 is 0 Å². The first-order valence-corrected chi connectivity index (χ1v) is 5.32. The molecule has 1 saturated heterocycles. The summed E-state index contributed by atoms with van der Waals surface area (Å²) in [6, 6.07) is 0. The van der Waals surface area contributed by atoms with E-state index in [1.165, 1.54) is 0 Å². The fourth-order valence-corrected chi connectivity index (χ4v) is 2.13. The summed E-state index contributed by atoms with van der Waals surface area (Å²) in [5, 5.41) is 0. The van der Waals surface area contributed by atoms with Gasteiger partial charge < -0.3 is 15.4 Å². The molecular weight excluding hydrogens is 202 g/mol. The van der Waals surface area contributed by atoms with Crippen LogP contribution in [0.2, 0.25) is 0 Å². The van der Waals surface area contributed by atoms with E-state index in [0.29, 0.717) is 19.7 Å². The average molecular weight is 222 g/mol. The van der Waals surface area contributed by atoms with Crippen molar-refractivity contribution in [1.82, 2.24) is 4.90 Å². The van der Waals surface area contributed by atoms with Crippen molar-refractivity contribution < 1.29 is 13.5 Å². The van der Waals surface area contributed by atoms with Gasteiger partial charge in [-0.1, -0.05) is 0 Å². The van der Waals surface area contributed by atoms with Crippen molar-refractivity contribution in [3.8, 4) is 0 Å². The molecule has 0 aromatic heterocycles. The van der Waals surface area contributed by atoms with Crippen LogP contribution in [-0.2, 0) is 4.74 Å². The third-order valence-corrected chi connectivity index (χ3v) is 2.89. The van der Waals surface area contributed by atoms with E-state index in [2.05, 4.69) is 0 Å². The van der Waals surface area contributed by atoms with Gasteiger partial charge in [-0.15, -0.1) is 0 Å². The predicted molar refractivity (Wildman–Crippen MR) is 55.0 cm³/mol. The van der Waals surface area contributed by atoms with Gasteiger partial charge in [-0.3, -0.25) is 0 Å². The fraction of sp³-hybridized carbons (Fsp3) is 1.00. The van der Waals surface area contributed by atoms with Crippen LogP contribution < -0.4 is 5.73 Å². The molecule has 1 atom stereocenters. The molecule has 3 nitrogen and oxygen atoms in total. The van der Waals surface area contributed by atoms with E-state index < -0.39 is 6.43 Å². The van der Waals surface area contributed by atoms with E-state index in [-0.39, 0.29) is 12.0 Å². The Hall–Kier alpha value is -0.260. The van der Waals surface area contributed by atoms with Gasteiger partial charge in [0.2, 0.25) is 0 Å². The Morgan fingerprint density at radius 3 is 2.73 bits per heavy atom. The smallest absolute Gasteiger partial charge is 0.251 e. The third-order valence-electron chi connectivity index (χ3n) is 2.89. The highest BCUT2D eigenvalue weighted by Gasteiger charge is 2.33. The molecule has 1 rings (SSSR count). The Morgan fingerprint density at radius 1 is 1.53 bits per heavy atom. The maximum atomic E-state index is 12.2. The molecule has 0 aliphatic carbocycles. The average Bonchev–Trinajstić information content (AvgIpc) is 2.17. The van der Waals surface area contributed by atoms with E-state index in [1.807, 2.05) is 0 Å². The molecule has 0 aromatic carbocycles. The van der Waals surface area contributed by atoms with Crippen LogP contribution in [0.1, 0.15) is 12.8 Å². The van der Waals surface area contributed by atoms with Crippen molar-refractivity contribution in [3.05, 3.63) is 0 Å². The zero-order chi connectivity index (χ0) is 11.3. The monoisotopic (exact) mass is 222 g/mol. The van der Waals surface area contributed by atoms with Crippen LogP contribution in [0.25, 0.3) is 0 Å². The minimum atomic E-state index is -2.28. The molecule has 1 fully saturated rings. The predicted octanol–water partition coefficient (Wildman–Crippen LogP) is 0.939. The molecule has 90 valence electrons. The van der Waals surface area contributed by atoms with E-state index >= 15 is 0 Å². The number of alkyl halides is 2. The maximum absolute atomic E-state index is 12.2. The van der Waals surface area contributed by atoms with Crippen LogP contribution in [-0.4, -0.2) is 51.2 Å². The molecule has 0 saturated carbocycles. The first-order chi connectivity index (χ1) is 7.08. The van der Waals surface area contributed by atoms with Crippen molar-refractivity contribution in [2.45, 2.75) is 19.3 Å². The molecule has 0 radical (unpaired) electrons. The van der Waals surface area contributed by atoms with Crippen LogP contribution in [0.15, 0.2) is 0 Å². The highest BCUT2D eigenvalue weighted by Crippen LogP contribution is 2.28. The molecule has 15 heavy (non-hydrogen) atoms. The molecule has 2 N–H and O–H groups in total. The van der Waals surface area contributed by atoms with Gasteiger partial charge in [0.15, 0.2) is 0 Å².